The maximum Gasteiger partial charge on any atom is 0.125 e. The van der Waals surface area contributed by atoms with Gasteiger partial charge in [-0.1, -0.05) is 15.9 Å². The summed E-state index contributed by atoms with van der Waals surface area (Å²) in [4.78, 5) is 0. The van der Waals surface area contributed by atoms with E-state index in [0.717, 1.165) is 22.2 Å². The third-order valence-electron chi connectivity index (χ3n) is 2.52. The molecule has 1 aromatic carbocycles. The minimum atomic E-state index is 0.145. The maximum atomic E-state index is 5.85. The van der Waals surface area contributed by atoms with E-state index in [1.807, 2.05) is 13.8 Å². The van der Waals surface area contributed by atoms with Gasteiger partial charge in [-0.05, 0) is 49.9 Å². The van der Waals surface area contributed by atoms with Gasteiger partial charge in [-0.2, -0.15) is 0 Å². The fourth-order valence-corrected chi connectivity index (χ4v) is 2.35. The highest BCUT2D eigenvalue weighted by Crippen LogP contribution is 2.32. The van der Waals surface area contributed by atoms with E-state index in [2.05, 4.69) is 28.9 Å². The molecule has 0 fully saturated rings. The van der Waals surface area contributed by atoms with Crippen LogP contribution in [0.25, 0.3) is 0 Å². The van der Waals surface area contributed by atoms with E-state index in [1.165, 1.54) is 11.1 Å². The zero-order chi connectivity index (χ0) is 11.6. The smallest absolute Gasteiger partial charge is 0.125 e. The van der Waals surface area contributed by atoms with Crippen LogP contribution in [0.5, 0.6) is 5.75 Å². The SMILES string of the molecule is COc1c(C)cc(Br)c(C)c1CC(C)N. The molecule has 0 aliphatic heterocycles. The molecule has 1 unspecified atom stereocenters. The van der Waals surface area contributed by atoms with Gasteiger partial charge in [-0.3, -0.25) is 0 Å². The van der Waals surface area contributed by atoms with Crippen molar-refractivity contribution in [1.82, 2.24) is 0 Å². The van der Waals surface area contributed by atoms with Crippen LogP contribution < -0.4 is 10.5 Å². The second kappa shape index (κ2) is 4.99. The molecule has 84 valence electrons. The number of aryl methyl sites for hydroxylation is 1. The molecule has 0 saturated heterocycles. The van der Waals surface area contributed by atoms with Gasteiger partial charge in [0.15, 0.2) is 0 Å². The van der Waals surface area contributed by atoms with Gasteiger partial charge in [0.2, 0.25) is 0 Å². The van der Waals surface area contributed by atoms with E-state index < -0.39 is 0 Å². The average molecular weight is 272 g/mol. The minimum Gasteiger partial charge on any atom is -0.496 e. The zero-order valence-corrected chi connectivity index (χ0v) is 11.3. The van der Waals surface area contributed by atoms with E-state index in [9.17, 15) is 0 Å². The molecule has 1 atom stereocenters. The summed E-state index contributed by atoms with van der Waals surface area (Å²) in [6.07, 6.45) is 0.843. The summed E-state index contributed by atoms with van der Waals surface area (Å²) in [6, 6.07) is 2.23. The first-order valence-electron chi connectivity index (χ1n) is 5.05. The molecule has 0 heterocycles. The number of ether oxygens (including phenoxy) is 1. The Morgan fingerprint density at radius 2 is 2.07 bits per heavy atom. The summed E-state index contributed by atoms with van der Waals surface area (Å²) >= 11 is 3.55. The zero-order valence-electron chi connectivity index (χ0n) is 9.73. The molecule has 0 saturated carbocycles. The summed E-state index contributed by atoms with van der Waals surface area (Å²) in [7, 11) is 1.71. The number of nitrogens with two attached hydrogens (primary N) is 1. The van der Waals surface area contributed by atoms with Crippen molar-refractivity contribution in [3.8, 4) is 5.75 Å². The van der Waals surface area contributed by atoms with Gasteiger partial charge in [-0.25, -0.2) is 0 Å². The fraction of sp³-hybridized carbons (Fsp3) is 0.500. The van der Waals surface area contributed by atoms with Crippen molar-refractivity contribution in [2.45, 2.75) is 33.2 Å². The summed E-state index contributed by atoms with van der Waals surface area (Å²) in [6.45, 7) is 6.15. The molecule has 2 nitrogen and oxygen atoms in total. The summed E-state index contributed by atoms with van der Waals surface area (Å²) in [5.41, 5.74) is 9.42. The highest BCUT2D eigenvalue weighted by atomic mass is 79.9. The predicted molar refractivity (Wildman–Crippen MR) is 67.5 cm³/mol. The second-order valence-corrected chi connectivity index (χ2v) is 4.85. The summed E-state index contributed by atoms with van der Waals surface area (Å²) in [5.74, 6) is 0.966. The second-order valence-electron chi connectivity index (χ2n) is 3.99. The van der Waals surface area contributed by atoms with Crippen molar-refractivity contribution in [3.63, 3.8) is 0 Å². The molecule has 15 heavy (non-hydrogen) atoms. The van der Waals surface area contributed by atoms with Crippen molar-refractivity contribution in [1.29, 1.82) is 0 Å². The Balaban J connectivity index is 3.30. The van der Waals surface area contributed by atoms with Crippen LogP contribution >= 0.6 is 15.9 Å². The quantitative estimate of drug-likeness (QED) is 0.918. The molecule has 0 spiro atoms. The van der Waals surface area contributed by atoms with Crippen LogP contribution in [-0.2, 0) is 6.42 Å². The van der Waals surface area contributed by atoms with Crippen molar-refractivity contribution in [2.75, 3.05) is 7.11 Å². The van der Waals surface area contributed by atoms with Gasteiger partial charge in [0, 0.05) is 10.5 Å². The van der Waals surface area contributed by atoms with Crippen LogP contribution in [0.1, 0.15) is 23.6 Å². The fourth-order valence-electron chi connectivity index (χ4n) is 1.77. The normalized spacial score (nSPS) is 12.7. The highest BCUT2D eigenvalue weighted by Gasteiger charge is 2.13. The van der Waals surface area contributed by atoms with Gasteiger partial charge in [0.1, 0.15) is 5.75 Å². The van der Waals surface area contributed by atoms with Crippen molar-refractivity contribution in [3.05, 3.63) is 27.2 Å². The van der Waals surface area contributed by atoms with E-state index in [0.29, 0.717) is 0 Å². The molecule has 1 rings (SSSR count). The van der Waals surface area contributed by atoms with Crippen LogP contribution in [0.15, 0.2) is 10.5 Å². The Labute approximate surface area is 99.9 Å². The van der Waals surface area contributed by atoms with Crippen molar-refractivity contribution >= 4 is 15.9 Å². The number of benzene rings is 1. The first-order chi connectivity index (χ1) is 6.97. The monoisotopic (exact) mass is 271 g/mol. The number of halogens is 1. The third kappa shape index (κ3) is 2.73. The van der Waals surface area contributed by atoms with Crippen molar-refractivity contribution < 1.29 is 4.74 Å². The van der Waals surface area contributed by atoms with E-state index in [-0.39, 0.29) is 6.04 Å². The number of methoxy groups -OCH3 is 1. The molecular weight excluding hydrogens is 254 g/mol. The topological polar surface area (TPSA) is 35.2 Å². The molecule has 0 amide bonds. The van der Waals surface area contributed by atoms with Gasteiger partial charge in [-0.15, -0.1) is 0 Å². The van der Waals surface area contributed by atoms with Crippen LogP contribution in [0.4, 0.5) is 0 Å². The molecule has 0 bridgehead atoms. The van der Waals surface area contributed by atoms with Crippen LogP contribution in [0, 0.1) is 13.8 Å². The van der Waals surface area contributed by atoms with E-state index in [4.69, 9.17) is 10.5 Å². The lowest BCUT2D eigenvalue weighted by Crippen LogP contribution is -2.19. The minimum absolute atomic E-state index is 0.145. The van der Waals surface area contributed by atoms with E-state index >= 15 is 0 Å². The average Bonchev–Trinajstić information content (AvgIpc) is 2.13. The highest BCUT2D eigenvalue weighted by molar-refractivity contribution is 9.10. The van der Waals surface area contributed by atoms with Crippen LogP contribution in [-0.4, -0.2) is 13.2 Å². The standard InChI is InChI=1S/C12H18BrNO/c1-7-5-11(13)9(3)10(6-8(2)14)12(7)15-4/h5,8H,6,14H2,1-4H3. The first-order valence-corrected chi connectivity index (χ1v) is 5.84. The predicted octanol–water partition coefficient (Wildman–Crippen LogP) is 2.96. The summed E-state index contributed by atoms with van der Waals surface area (Å²) in [5, 5.41) is 0. The van der Waals surface area contributed by atoms with Gasteiger partial charge in [0.05, 0.1) is 7.11 Å². The molecular formula is C12H18BrNO. The number of rotatable bonds is 3. The lowest BCUT2D eigenvalue weighted by molar-refractivity contribution is 0.404. The van der Waals surface area contributed by atoms with Gasteiger partial charge < -0.3 is 10.5 Å². The molecule has 0 aromatic heterocycles. The number of hydrogen-bond donors (Lipinski definition) is 1. The maximum absolute atomic E-state index is 5.85. The Hall–Kier alpha value is -0.540. The summed E-state index contributed by atoms with van der Waals surface area (Å²) < 4.78 is 6.56. The molecule has 0 aliphatic carbocycles. The Morgan fingerprint density at radius 1 is 1.47 bits per heavy atom. The molecule has 2 N–H and O–H groups in total. The lowest BCUT2D eigenvalue weighted by Gasteiger charge is -2.17. The molecule has 3 heteroatoms. The van der Waals surface area contributed by atoms with E-state index in [1.54, 1.807) is 7.11 Å². The Kier molecular flexibility index (Phi) is 4.17. The third-order valence-corrected chi connectivity index (χ3v) is 3.34. The molecule has 1 aromatic rings. The first kappa shape index (κ1) is 12.5. The van der Waals surface area contributed by atoms with Crippen LogP contribution in [0.2, 0.25) is 0 Å². The van der Waals surface area contributed by atoms with Crippen molar-refractivity contribution in [2.24, 2.45) is 5.73 Å². The van der Waals surface area contributed by atoms with Crippen LogP contribution in [0.3, 0.4) is 0 Å². The molecule has 0 radical (unpaired) electrons. The van der Waals surface area contributed by atoms with Gasteiger partial charge in [0.25, 0.3) is 0 Å². The largest absolute Gasteiger partial charge is 0.496 e. The Morgan fingerprint density at radius 3 is 2.53 bits per heavy atom. The number of hydrogen-bond acceptors (Lipinski definition) is 2. The lowest BCUT2D eigenvalue weighted by atomic mass is 9.98. The Bertz CT molecular complexity index is 361. The molecule has 0 aliphatic rings. The van der Waals surface area contributed by atoms with Gasteiger partial charge >= 0.3 is 0 Å².